The van der Waals surface area contributed by atoms with E-state index in [0.29, 0.717) is 5.16 Å². The maximum atomic E-state index is 13.9. The van der Waals surface area contributed by atoms with Crippen LogP contribution in [0.1, 0.15) is 0 Å². The molecule has 0 aliphatic heterocycles. The number of hydrogen-bond donors (Lipinski definition) is 1. The molecule has 1 aromatic heterocycles. The van der Waals surface area contributed by atoms with Crippen molar-refractivity contribution in [3.05, 3.63) is 34.1 Å². The maximum Gasteiger partial charge on any atom is 0.313 e. The molecule has 0 spiro atoms. The predicted octanol–water partition coefficient (Wildman–Crippen LogP) is 1.71. The first-order valence-electron chi connectivity index (χ1n) is 5.58. The van der Waals surface area contributed by atoms with Gasteiger partial charge in [0.15, 0.2) is 11.0 Å². The van der Waals surface area contributed by atoms with Gasteiger partial charge in [0.1, 0.15) is 5.82 Å². The molecule has 110 valence electrons. The highest BCUT2D eigenvalue weighted by molar-refractivity contribution is 7.99. The van der Waals surface area contributed by atoms with Crippen molar-refractivity contribution in [1.29, 1.82) is 0 Å². The Bertz CT molecular complexity index is 718. The largest absolute Gasteiger partial charge is 0.481 e. The van der Waals surface area contributed by atoms with Crippen LogP contribution in [0.5, 0.6) is 0 Å². The van der Waals surface area contributed by atoms with Gasteiger partial charge in [0.25, 0.3) is 5.69 Å². The van der Waals surface area contributed by atoms with Crippen LogP contribution < -0.4 is 0 Å². The minimum atomic E-state index is -1.01. The van der Waals surface area contributed by atoms with Crippen LogP contribution in [-0.4, -0.2) is 36.5 Å². The van der Waals surface area contributed by atoms with E-state index in [0.717, 1.165) is 23.9 Å². The normalized spacial score (nSPS) is 10.6. The number of thioether (sulfide) groups is 1. The zero-order valence-electron chi connectivity index (χ0n) is 10.7. The molecule has 0 aliphatic rings. The number of hydrogen-bond acceptors (Lipinski definition) is 6. The number of benzene rings is 1. The monoisotopic (exact) mass is 312 g/mol. The summed E-state index contributed by atoms with van der Waals surface area (Å²) in [6, 6.07) is 3.16. The lowest BCUT2D eigenvalue weighted by molar-refractivity contribution is -0.385. The van der Waals surface area contributed by atoms with Gasteiger partial charge in [-0.15, -0.1) is 0 Å². The molecule has 0 saturated carbocycles. The van der Waals surface area contributed by atoms with Crippen LogP contribution in [0, 0.1) is 15.9 Å². The van der Waals surface area contributed by atoms with E-state index in [4.69, 9.17) is 5.11 Å². The molecule has 1 aromatic carbocycles. The molecule has 0 amide bonds. The number of halogens is 1. The van der Waals surface area contributed by atoms with Crippen LogP contribution in [0.15, 0.2) is 23.4 Å². The molecule has 0 bridgehead atoms. The SMILES string of the molecule is Cn1nc(-c2ccc([N+](=O)[O-])cc2F)nc1SCC(=O)O. The number of aliphatic carboxylic acids is 1. The Morgan fingerprint density at radius 1 is 1.57 bits per heavy atom. The molecule has 8 nitrogen and oxygen atoms in total. The first kappa shape index (κ1) is 14.9. The lowest BCUT2D eigenvalue weighted by Gasteiger charge is -1.97. The van der Waals surface area contributed by atoms with Crippen molar-refractivity contribution in [2.24, 2.45) is 7.05 Å². The molecule has 0 fully saturated rings. The number of nitro benzene ring substituents is 1. The van der Waals surface area contributed by atoms with Crippen molar-refractivity contribution in [3.8, 4) is 11.4 Å². The fourth-order valence-corrected chi connectivity index (χ4v) is 2.17. The summed E-state index contributed by atoms with van der Waals surface area (Å²) in [5.41, 5.74) is -0.356. The third-order valence-corrected chi connectivity index (χ3v) is 3.46. The Labute approximate surface area is 121 Å². The number of non-ortho nitro benzene ring substituents is 1. The maximum absolute atomic E-state index is 13.9. The van der Waals surface area contributed by atoms with Crippen LogP contribution >= 0.6 is 11.8 Å². The van der Waals surface area contributed by atoms with Crippen molar-refractivity contribution >= 4 is 23.4 Å². The molecular weight excluding hydrogens is 303 g/mol. The third kappa shape index (κ3) is 3.34. The molecule has 1 N–H and O–H groups in total. The average molecular weight is 312 g/mol. The van der Waals surface area contributed by atoms with Crippen molar-refractivity contribution in [3.63, 3.8) is 0 Å². The summed E-state index contributed by atoms with van der Waals surface area (Å²) in [7, 11) is 1.55. The van der Waals surface area contributed by atoms with Crippen LogP contribution in [-0.2, 0) is 11.8 Å². The van der Waals surface area contributed by atoms with E-state index in [1.165, 1.54) is 10.7 Å². The van der Waals surface area contributed by atoms with Gasteiger partial charge in [0, 0.05) is 13.1 Å². The molecule has 0 saturated heterocycles. The van der Waals surface area contributed by atoms with E-state index in [1.807, 2.05) is 0 Å². The first-order valence-corrected chi connectivity index (χ1v) is 6.57. The Morgan fingerprint density at radius 3 is 2.86 bits per heavy atom. The molecule has 21 heavy (non-hydrogen) atoms. The number of carbonyl (C=O) groups is 1. The van der Waals surface area contributed by atoms with E-state index in [9.17, 15) is 19.3 Å². The number of carboxylic acids is 1. The molecule has 10 heteroatoms. The molecule has 0 aliphatic carbocycles. The quantitative estimate of drug-likeness (QED) is 0.508. The molecule has 2 aromatic rings. The van der Waals surface area contributed by atoms with Gasteiger partial charge in [0.05, 0.1) is 22.3 Å². The second-order valence-electron chi connectivity index (χ2n) is 3.95. The van der Waals surface area contributed by atoms with Crippen LogP contribution in [0.4, 0.5) is 10.1 Å². The molecule has 0 unspecified atom stereocenters. The van der Waals surface area contributed by atoms with E-state index in [2.05, 4.69) is 10.1 Å². The number of rotatable bonds is 5. The predicted molar refractivity (Wildman–Crippen MR) is 71.4 cm³/mol. The van der Waals surface area contributed by atoms with E-state index >= 15 is 0 Å². The number of carboxylic acid groups (broad SMARTS) is 1. The van der Waals surface area contributed by atoms with Gasteiger partial charge in [-0.1, -0.05) is 11.8 Å². The third-order valence-electron chi connectivity index (χ3n) is 2.45. The lowest BCUT2D eigenvalue weighted by atomic mass is 10.2. The second-order valence-corrected chi connectivity index (χ2v) is 4.89. The number of aromatic nitrogens is 3. The van der Waals surface area contributed by atoms with E-state index in [1.54, 1.807) is 7.05 Å². The fraction of sp³-hybridized carbons (Fsp3) is 0.182. The summed E-state index contributed by atoms with van der Waals surface area (Å²) in [5.74, 6) is -1.98. The minimum absolute atomic E-state index is 0.0124. The van der Waals surface area contributed by atoms with Gasteiger partial charge in [-0.05, 0) is 6.07 Å². The van der Waals surface area contributed by atoms with Crippen molar-refractivity contribution in [2.75, 3.05) is 5.75 Å². The molecular formula is C11H9FN4O4S. The van der Waals surface area contributed by atoms with Crippen LogP contribution in [0.3, 0.4) is 0 Å². The Balaban J connectivity index is 2.32. The first-order chi connectivity index (χ1) is 9.88. The van der Waals surface area contributed by atoms with Gasteiger partial charge in [-0.3, -0.25) is 14.9 Å². The smallest absolute Gasteiger partial charge is 0.313 e. The standard InChI is InChI=1S/C11H9FN4O4S/c1-15-11(21-5-9(17)18)13-10(14-15)7-3-2-6(16(19)20)4-8(7)12/h2-4H,5H2,1H3,(H,17,18). The van der Waals surface area contributed by atoms with Gasteiger partial charge in [0.2, 0.25) is 0 Å². The van der Waals surface area contributed by atoms with Gasteiger partial charge >= 0.3 is 5.97 Å². The van der Waals surface area contributed by atoms with Gasteiger partial charge in [-0.2, -0.15) is 5.10 Å². The van der Waals surface area contributed by atoms with Crippen molar-refractivity contribution < 1.29 is 19.2 Å². The highest BCUT2D eigenvalue weighted by Crippen LogP contribution is 2.26. The fourth-order valence-electron chi connectivity index (χ4n) is 1.54. The Hall–Kier alpha value is -2.49. The summed E-state index contributed by atoms with van der Waals surface area (Å²) in [6.45, 7) is 0. The zero-order valence-corrected chi connectivity index (χ0v) is 11.5. The molecule has 2 rings (SSSR count). The number of nitrogens with zero attached hydrogens (tertiary/aromatic N) is 4. The molecule has 1 heterocycles. The summed E-state index contributed by atoms with van der Waals surface area (Å²) in [6.07, 6.45) is 0. The van der Waals surface area contributed by atoms with E-state index < -0.39 is 16.7 Å². The summed E-state index contributed by atoms with van der Waals surface area (Å²) < 4.78 is 15.2. The average Bonchev–Trinajstić information content (AvgIpc) is 2.77. The Morgan fingerprint density at radius 2 is 2.29 bits per heavy atom. The number of aryl methyl sites for hydroxylation is 1. The topological polar surface area (TPSA) is 111 Å². The van der Waals surface area contributed by atoms with Crippen LogP contribution in [0.25, 0.3) is 11.4 Å². The van der Waals surface area contributed by atoms with Gasteiger partial charge in [-0.25, -0.2) is 14.1 Å². The second kappa shape index (κ2) is 5.87. The Kier molecular flexibility index (Phi) is 4.17. The molecule has 0 atom stereocenters. The summed E-state index contributed by atoms with van der Waals surface area (Å²) >= 11 is 0.944. The highest BCUT2D eigenvalue weighted by Gasteiger charge is 2.17. The summed E-state index contributed by atoms with van der Waals surface area (Å²) in [5, 5.41) is 23.5. The summed E-state index contributed by atoms with van der Waals surface area (Å²) in [4.78, 5) is 24.4. The number of nitro groups is 1. The zero-order chi connectivity index (χ0) is 15.6. The molecule has 0 radical (unpaired) electrons. The minimum Gasteiger partial charge on any atom is -0.481 e. The highest BCUT2D eigenvalue weighted by atomic mass is 32.2. The van der Waals surface area contributed by atoms with Crippen molar-refractivity contribution in [1.82, 2.24) is 14.8 Å². The van der Waals surface area contributed by atoms with E-state index in [-0.39, 0.29) is 22.8 Å². The van der Waals surface area contributed by atoms with Gasteiger partial charge < -0.3 is 5.11 Å². The van der Waals surface area contributed by atoms with Crippen molar-refractivity contribution in [2.45, 2.75) is 5.16 Å². The lowest BCUT2D eigenvalue weighted by Crippen LogP contribution is -2.00. The van der Waals surface area contributed by atoms with Crippen LogP contribution in [0.2, 0.25) is 0 Å².